The van der Waals surface area contributed by atoms with Crippen molar-refractivity contribution in [2.75, 3.05) is 33.7 Å². The van der Waals surface area contributed by atoms with E-state index in [4.69, 9.17) is 5.11 Å². The van der Waals surface area contributed by atoms with Gasteiger partial charge < -0.3 is 27.3 Å². The molecule has 0 radical (unpaired) electrons. The number of hydrogen-bond donors (Lipinski definition) is 2. The van der Waals surface area contributed by atoms with Crippen molar-refractivity contribution >= 4 is 11.9 Å². The minimum atomic E-state index is -0.809. The van der Waals surface area contributed by atoms with Gasteiger partial charge in [-0.1, -0.05) is 6.58 Å². The van der Waals surface area contributed by atoms with Gasteiger partial charge in [-0.25, -0.2) is 4.79 Å². The van der Waals surface area contributed by atoms with E-state index in [-0.39, 0.29) is 24.9 Å². The van der Waals surface area contributed by atoms with Crippen molar-refractivity contribution in [3.63, 3.8) is 0 Å². The minimum Gasteiger partial charge on any atom is -1.00 e. The third-order valence-electron chi connectivity index (χ3n) is 2.18. The van der Waals surface area contributed by atoms with E-state index in [1.54, 1.807) is 6.92 Å². The van der Waals surface area contributed by atoms with Crippen LogP contribution in [-0.4, -0.2) is 55.2 Å². The highest BCUT2D eigenvalue weighted by Gasteiger charge is 2.18. The molecule has 2 N–H and O–H groups in total. The zero-order valence-electron chi connectivity index (χ0n) is 10.6. The van der Waals surface area contributed by atoms with Crippen molar-refractivity contribution in [1.29, 1.82) is 0 Å². The van der Waals surface area contributed by atoms with Crippen LogP contribution in [0.25, 0.3) is 0 Å². The fourth-order valence-corrected chi connectivity index (χ4v) is 1.31. The molecule has 1 amide bonds. The largest absolute Gasteiger partial charge is 1.00 e. The number of rotatable bonds is 7. The zero-order valence-corrected chi connectivity index (χ0v) is 11.4. The summed E-state index contributed by atoms with van der Waals surface area (Å²) in [5, 5.41) is 11.4. The van der Waals surface area contributed by atoms with Crippen molar-refractivity contribution < 1.29 is 31.6 Å². The van der Waals surface area contributed by atoms with Gasteiger partial charge in [0, 0.05) is 18.5 Å². The van der Waals surface area contributed by atoms with E-state index in [1.807, 2.05) is 14.1 Å². The van der Waals surface area contributed by atoms with Gasteiger partial charge in [0.15, 0.2) is 6.54 Å². The van der Waals surface area contributed by atoms with Gasteiger partial charge in [-0.05, 0) is 6.92 Å². The molecular formula is C11H21ClN2O3. The quantitative estimate of drug-likeness (QED) is 0.297. The van der Waals surface area contributed by atoms with Gasteiger partial charge in [-0.2, -0.15) is 0 Å². The predicted octanol–water partition coefficient (Wildman–Crippen LogP) is -2.77. The van der Waals surface area contributed by atoms with Crippen molar-refractivity contribution in [3.8, 4) is 0 Å². The van der Waals surface area contributed by atoms with E-state index < -0.39 is 5.97 Å². The first-order valence-electron chi connectivity index (χ1n) is 5.22. The van der Waals surface area contributed by atoms with Crippen LogP contribution in [0.4, 0.5) is 0 Å². The smallest absolute Gasteiger partial charge is 0.359 e. The zero-order chi connectivity index (χ0) is 12.8. The van der Waals surface area contributed by atoms with E-state index in [9.17, 15) is 9.59 Å². The molecule has 6 heteroatoms. The molecular weight excluding hydrogens is 244 g/mol. The van der Waals surface area contributed by atoms with Gasteiger partial charge in [0.05, 0.1) is 20.6 Å². The molecule has 100 valence electrons. The summed E-state index contributed by atoms with van der Waals surface area (Å²) in [4.78, 5) is 21.7. The standard InChI is InChI=1S/C11H20N2O3.ClH/c1-9(2)11(16)12-6-5-7-13(3,4)8-10(14)15;/h1,5-8H2,2-4H3,(H-,12,14,15,16);1H. The Morgan fingerprint density at radius 2 is 1.88 bits per heavy atom. The number of carboxylic acids is 1. The number of halogens is 1. The number of likely N-dealkylation sites (N-methyl/N-ethyl adjacent to an activating group) is 1. The summed E-state index contributed by atoms with van der Waals surface area (Å²) in [6.07, 6.45) is 0.749. The molecule has 0 bridgehead atoms. The molecule has 0 aliphatic rings. The number of carboxylic acid groups (broad SMARTS) is 1. The summed E-state index contributed by atoms with van der Waals surface area (Å²) in [6, 6.07) is 0. The van der Waals surface area contributed by atoms with E-state index in [0.29, 0.717) is 23.1 Å². The van der Waals surface area contributed by atoms with Crippen molar-refractivity contribution in [3.05, 3.63) is 12.2 Å². The maximum absolute atomic E-state index is 11.1. The Hall–Kier alpha value is -1.07. The third-order valence-corrected chi connectivity index (χ3v) is 2.18. The van der Waals surface area contributed by atoms with Gasteiger partial charge >= 0.3 is 5.97 Å². The van der Waals surface area contributed by atoms with Crippen molar-refractivity contribution in [2.24, 2.45) is 0 Å². The number of carbonyl (C=O) groups is 2. The average Bonchev–Trinajstić information content (AvgIpc) is 2.09. The molecule has 0 heterocycles. The van der Waals surface area contributed by atoms with Crippen LogP contribution in [0.1, 0.15) is 13.3 Å². The lowest BCUT2D eigenvalue weighted by Crippen LogP contribution is -3.00. The summed E-state index contributed by atoms with van der Waals surface area (Å²) in [6.45, 7) is 6.53. The molecule has 0 saturated heterocycles. The Balaban J connectivity index is 0. The van der Waals surface area contributed by atoms with Crippen LogP contribution < -0.4 is 17.7 Å². The summed E-state index contributed by atoms with van der Waals surface area (Å²) in [5.74, 6) is -0.959. The van der Waals surface area contributed by atoms with Gasteiger partial charge in [-0.3, -0.25) is 4.79 Å². The van der Waals surface area contributed by atoms with Gasteiger partial charge in [0.25, 0.3) is 0 Å². The lowest BCUT2D eigenvalue weighted by Gasteiger charge is -2.27. The number of aliphatic carboxylic acids is 1. The Kier molecular flexibility index (Phi) is 8.70. The molecule has 0 spiro atoms. The van der Waals surface area contributed by atoms with Gasteiger partial charge in [0.1, 0.15) is 0 Å². The van der Waals surface area contributed by atoms with Gasteiger partial charge in [-0.15, -0.1) is 0 Å². The Labute approximate surface area is 108 Å². The van der Waals surface area contributed by atoms with Crippen LogP contribution in [0.2, 0.25) is 0 Å². The summed E-state index contributed by atoms with van der Waals surface area (Å²) in [7, 11) is 3.71. The van der Waals surface area contributed by atoms with Crippen LogP contribution in [0.15, 0.2) is 12.2 Å². The maximum Gasteiger partial charge on any atom is 0.359 e. The van der Waals surface area contributed by atoms with Gasteiger partial charge in [0.2, 0.25) is 5.91 Å². The van der Waals surface area contributed by atoms with Crippen LogP contribution in [-0.2, 0) is 9.59 Å². The Morgan fingerprint density at radius 3 is 2.29 bits per heavy atom. The maximum atomic E-state index is 11.1. The van der Waals surface area contributed by atoms with Crippen LogP contribution >= 0.6 is 0 Å². The topological polar surface area (TPSA) is 66.4 Å². The number of hydrogen-bond acceptors (Lipinski definition) is 2. The summed E-state index contributed by atoms with van der Waals surface area (Å²) in [5.41, 5.74) is 0.485. The molecule has 0 atom stereocenters. The highest BCUT2D eigenvalue weighted by Crippen LogP contribution is 1.98. The molecule has 0 aliphatic heterocycles. The third kappa shape index (κ3) is 9.84. The second-order valence-corrected chi connectivity index (χ2v) is 4.60. The lowest BCUT2D eigenvalue weighted by atomic mass is 10.3. The molecule has 5 nitrogen and oxygen atoms in total. The first-order valence-corrected chi connectivity index (χ1v) is 5.22. The van der Waals surface area contributed by atoms with Crippen LogP contribution in [0.5, 0.6) is 0 Å². The lowest BCUT2D eigenvalue weighted by molar-refractivity contribution is -0.883. The van der Waals surface area contributed by atoms with Crippen LogP contribution in [0, 0.1) is 0 Å². The Morgan fingerprint density at radius 1 is 1.35 bits per heavy atom. The number of carbonyl (C=O) groups excluding carboxylic acids is 1. The molecule has 0 fully saturated rings. The molecule has 0 aromatic carbocycles. The fraction of sp³-hybridized carbons (Fsp3) is 0.636. The average molecular weight is 265 g/mol. The molecule has 0 unspecified atom stereocenters. The predicted molar refractivity (Wildman–Crippen MR) is 61.9 cm³/mol. The molecule has 17 heavy (non-hydrogen) atoms. The first kappa shape index (κ1) is 18.3. The van der Waals surface area contributed by atoms with Crippen molar-refractivity contribution in [2.45, 2.75) is 13.3 Å². The van der Waals surface area contributed by atoms with Crippen molar-refractivity contribution in [1.82, 2.24) is 5.32 Å². The monoisotopic (exact) mass is 264 g/mol. The van der Waals surface area contributed by atoms with Crippen LogP contribution in [0.3, 0.4) is 0 Å². The second-order valence-electron chi connectivity index (χ2n) is 4.60. The highest BCUT2D eigenvalue weighted by atomic mass is 35.5. The highest BCUT2D eigenvalue weighted by molar-refractivity contribution is 5.91. The Bertz CT molecular complexity index is 290. The molecule has 0 rings (SSSR count). The summed E-state index contributed by atoms with van der Waals surface area (Å²) >= 11 is 0. The molecule has 0 saturated carbocycles. The summed E-state index contributed by atoms with van der Waals surface area (Å²) < 4.78 is 0.415. The fourth-order valence-electron chi connectivity index (χ4n) is 1.31. The number of nitrogens with one attached hydrogen (secondary N) is 1. The number of nitrogens with zero attached hydrogens (tertiary/aromatic N) is 1. The molecule has 0 aromatic rings. The van der Waals surface area contributed by atoms with E-state index in [0.717, 1.165) is 6.42 Å². The number of amides is 1. The SMILES string of the molecule is C=C(C)C(=O)NCCC[N+](C)(C)CC(=O)O.[Cl-]. The first-order chi connectivity index (χ1) is 7.24. The van der Waals surface area contributed by atoms with E-state index in [1.165, 1.54) is 0 Å². The van der Waals surface area contributed by atoms with E-state index >= 15 is 0 Å². The minimum absolute atomic E-state index is 0. The second kappa shape index (κ2) is 8.08. The molecule has 0 aromatic heterocycles. The molecule has 0 aliphatic carbocycles. The number of quaternary nitrogens is 1. The van der Waals surface area contributed by atoms with E-state index in [2.05, 4.69) is 11.9 Å². The normalized spacial score (nSPS) is 10.3.